The number of hydrogen-bond acceptors (Lipinski definition) is 7. The molecule has 2 N–H and O–H groups in total. The van der Waals surface area contributed by atoms with E-state index in [1.165, 1.54) is 32.4 Å². The number of methoxy groups -OCH3 is 2. The van der Waals surface area contributed by atoms with Crippen LogP contribution in [0.25, 0.3) is 11.1 Å². The first-order chi connectivity index (χ1) is 16.8. The summed E-state index contributed by atoms with van der Waals surface area (Å²) in [5, 5.41) is 2.68. The summed E-state index contributed by atoms with van der Waals surface area (Å²) >= 11 is 0. The normalized spacial score (nSPS) is 11.4. The Bertz CT molecular complexity index is 1530. The summed E-state index contributed by atoms with van der Waals surface area (Å²) in [6, 6.07) is 18.0. The van der Waals surface area contributed by atoms with Crippen molar-refractivity contribution in [1.29, 1.82) is 0 Å². The van der Waals surface area contributed by atoms with E-state index in [4.69, 9.17) is 13.9 Å². The fourth-order valence-corrected chi connectivity index (χ4v) is 4.51. The monoisotopic (exact) mass is 497 g/mol. The molecular weight excluding hydrogens is 474 g/mol. The SMILES string of the molecule is COc1ccc(NC(=O)Cn2c(=O)oc3cc(S(=O)(=O)NCc4ccccc4)ccc32)cc1OC. The van der Waals surface area contributed by atoms with E-state index in [0.29, 0.717) is 22.7 Å². The molecule has 10 nitrogen and oxygen atoms in total. The van der Waals surface area contributed by atoms with E-state index >= 15 is 0 Å². The molecule has 3 aromatic carbocycles. The van der Waals surface area contributed by atoms with E-state index in [1.54, 1.807) is 30.3 Å². The number of aromatic nitrogens is 1. The van der Waals surface area contributed by atoms with Gasteiger partial charge in [0.05, 0.1) is 24.6 Å². The zero-order valence-corrected chi connectivity index (χ0v) is 19.8. The predicted octanol–water partition coefficient (Wildman–Crippen LogP) is 2.73. The number of benzene rings is 3. The highest BCUT2D eigenvalue weighted by Crippen LogP contribution is 2.29. The maximum atomic E-state index is 12.7. The Labute approximate surface area is 201 Å². The number of fused-ring (bicyclic) bond motifs is 1. The lowest BCUT2D eigenvalue weighted by Crippen LogP contribution is -2.25. The lowest BCUT2D eigenvalue weighted by atomic mass is 10.2. The molecule has 4 rings (SSSR count). The molecule has 1 aromatic heterocycles. The van der Waals surface area contributed by atoms with E-state index < -0.39 is 21.7 Å². The second kappa shape index (κ2) is 10.0. The number of nitrogens with one attached hydrogen (secondary N) is 2. The van der Waals surface area contributed by atoms with Crippen LogP contribution in [0.2, 0.25) is 0 Å². The molecule has 0 aliphatic heterocycles. The van der Waals surface area contributed by atoms with Gasteiger partial charge in [0, 0.05) is 24.4 Å². The largest absolute Gasteiger partial charge is 0.493 e. The van der Waals surface area contributed by atoms with Crippen LogP contribution < -0.4 is 25.3 Å². The van der Waals surface area contributed by atoms with Gasteiger partial charge in [-0.25, -0.2) is 17.9 Å². The topological polar surface area (TPSA) is 129 Å². The first-order valence-corrected chi connectivity index (χ1v) is 12.0. The molecule has 0 saturated carbocycles. The number of amides is 1. The van der Waals surface area contributed by atoms with Gasteiger partial charge in [-0.15, -0.1) is 0 Å². The Balaban J connectivity index is 1.51. The Morgan fingerprint density at radius 3 is 2.43 bits per heavy atom. The van der Waals surface area contributed by atoms with Crippen molar-refractivity contribution in [1.82, 2.24) is 9.29 Å². The third kappa shape index (κ3) is 5.36. The Hall–Kier alpha value is -4.09. The van der Waals surface area contributed by atoms with Crippen LogP contribution >= 0.6 is 0 Å². The minimum Gasteiger partial charge on any atom is -0.493 e. The Morgan fingerprint density at radius 2 is 1.71 bits per heavy atom. The van der Waals surface area contributed by atoms with Gasteiger partial charge in [0.25, 0.3) is 0 Å². The lowest BCUT2D eigenvalue weighted by molar-refractivity contribution is -0.116. The van der Waals surface area contributed by atoms with Crippen LogP contribution in [-0.4, -0.2) is 33.1 Å². The third-order valence-electron chi connectivity index (χ3n) is 5.23. The number of nitrogens with zero attached hydrogens (tertiary/aromatic N) is 1. The summed E-state index contributed by atoms with van der Waals surface area (Å²) < 4.78 is 44.6. The van der Waals surface area contributed by atoms with Gasteiger partial charge in [-0.1, -0.05) is 30.3 Å². The average molecular weight is 498 g/mol. The second-order valence-electron chi connectivity index (χ2n) is 7.51. The molecule has 0 aliphatic carbocycles. The van der Waals surface area contributed by atoms with E-state index in [-0.39, 0.29) is 23.6 Å². The summed E-state index contributed by atoms with van der Waals surface area (Å²) in [7, 11) is -0.871. The molecule has 0 atom stereocenters. The molecule has 0 bridgehead atoms. The van der Waals surface area contributed by atoms with Gasteiger partial charge >= 0.3 is 5.76 Å². The summed E-state index contributed by atoms with van der Waals surface area (Å²) in [6.45, 7) is -0.221. The standard InChI is InChI=1S/C24H23N3O7S/c1-32-20-11-8-17(12-22(20)33-2)26-23(28)15-27-19-10-9-18(13-21(19)34-24(27)29)35(30,31)25-14-16-6-4-3-5-7-16/h3-13,25H,14-15H2,1-2H3,(H,26,28). The van der Waals surface area contributed by atoms with Crippen LogP contribution in [0.3, 0.4) is 0 Å². The molecule has 4 aromatic rings. The summed E-state index contributed by atoms with van der Waals surface area (Å²) in [5.74, 6) is -0.324. The molecule has 1 amide bonds. The van der Waals surface area contributed by atoms with Crippen LogP contribution in [0.4, 0.5) is 5.69 Å². The smallest absolute Gasteiger partial charge is 0.420 e. The number of anilines is 1. The molecule has 0 spiro atoms. The highest BCUT2D eigenvalue weighted by Gasteiger charge is 2.19. The molecule has 0 unspecified atom stereocenters. The van der Waals surface area contributed by atoms with Crippen LogP contribution in [0, 0.1) is 0 Å². The quantitative estimate of drug-likeness (QED) is 0.364. The van der Waals surface area contributed by atoms with Crippen LogP contribution in [-0.2, 0) is 27.9 Å². The third-order valence-corrected chi connectivity index (χ3v) is 6.63. The number of oxazole rings is 1. The number of ether oxygens (including phenoxy) is 2. The zero-order chi connectivity index (χ0) is 25.0. The van der Waals surface area contributed by atoms with Crippen LogP contribution in [0.1, 0.15) is 5.56 Å². The predicted molar refractivity (Wildman–Crippen MR) is 129 cm³/mol. The number of sulfonamides is 1. The second-order valence-corrected chi connectivity index (χ2v) is 9.28. The first-order valence-electron chi connectivity index (χ1n) is 10.5. The van der Waals surface area contributed by atoms with Crippen molar-refractivity contribution in [3.05, 3.63) is 82.8 Å². The van der Waals surface area contributed by atoms with E-state index in [1.807, 2.05) is 18.2 Å². The molecule has 182 valence electrons. The molecule has 1 heterocycles. The Kier molecular flexibility index (Phi) is 6.90. The molecule has 0 radical (unpaired) electrons. The molecule has 11 heteroatoms. The lowest BCUT2D eigenvalue weighted by Gasteiger charge is -2.11. The molecule has 0 fully saturated rings. The highest BCUT2D eigenvalue weighted by molar-refractivity contribution is 7.89. The average Bonchev–Trinajstić information content (AvgIpc) is 3.17. The van der Waals surface area contributed by atoms with Gasteiger partial charge in [0.15, 0.2) is 17.1 Å². The number of hydrogen-bond donors (Lipinski definition) is 2. The fraction of sp³-hybridized carbons (Fsp3) is 0.167. The summed E-state index contributed by atoms with van der Waals surface area (Å²) in [5.41, 5.74) is 1.60. The molecular formula is C24H23N3O7S. The molecule has 0 saturated heterocycles. The molecule has 0 aliphatic rings. The van der Waals surface area contributed by atoms with E-state index in [2.05, 4.69) is 10.0 Å². The molecule has 35 heavy (non-hydrogen) atoms. The van der Waals surface area contributed by atoms with Crippen molar-refractivity contribution in [2.24, 2.45) is 0 Å². The fourth-order valence-electron chi connectivity index (χ4n) is 3.48. The van der Waals surface area contributed by atoms with Gasteiger partial charge in [-0.05, 0) is 29.8 Å². The number of rotatable bonds is 9. The van der Waals surface area contributed by atoms with Crippen LogP contribution in [0.15, 0.2) is 80.8 Å². The summed E-state index contributed by atoms with van der Waals surface area (Å²) in [4.78, 5) is 24.9. The van der Waals surface area contributed by atoms with Crippen molar-refractivity contribution in [2.75, 3.05) is 19.5 Å². The van der Waals surface area contributed by atoms with Crippen molar-refractivity contribution in [3.8, 4) is 11.5 Å². The van der Waals surface area contributed by atoms with E-state index in [0.717, 1.165) is 10.1 Å². The Morgan fingerprint density at radius 1 is 0.971 bits per heavy atom. The van der Waals surface area contributed by atoms with Crippen molar-refractivity contribution in [3.63, 3.8) is 0 Å². The minimum atomic E-state index is -3.85. The van der Waals surface area contributed by atoms with E-state index in [9.17, 15) is 18.0 Å². The van der Waals surface area contributed by atoms with Crippen molar-refractivity contribution < 1.29 is 27.1 Å². The van der Waals surface area contributed by atoms with Gasteiger partial charge in [0.1, 0.15) is 6.54 Å². The first kappa shape index (κ1) is 24.0. The maximum absolute atomic E-state index is 12.7. The summed E-state index contributed by atoms with van der Waals surface area (Å²) in [6.07, 6.45) is 0. The van der Waals surface area contributed by atoms with Gasteiger partial charge < -0.3 is 19.2 Å². The minimum absolute atomic E-state index is 0.0523. The van der Waals surface area contributed by atoms with Gasteiger partial charge in [0.2, 0.25) is 15.9 Å². The maximum Gasteiger partial charge on any atom is 0.420 e. The van der Waals surface area contributed by atoms with Gasteiger partial charge in [-0.2, -0.15) is 0 Å². The van der Waals surface area contributed by atoms with Crippen LogP contribution in [0.5, 0.6) is 11.5 Å². The highest BCUT2D eigenvalue weighted by atomic mass is 32.2. The number of carbonyl (C=O) groups is 1. The zero-order valence-electron chi connectivity index (χ0n) is 19.0. The van der Waals surface area contributed by atoms with Gasteiger partial charge in [-0.3, -0.25) is 9.36 Å². The van der Waals surface area contributed by atoms with Crippen molar-refractivity contribution >= 4 is 32.7 Å². The number of carbonyl (C=O) groups excluding carboxylic acids is 1. The van der Waals surface area contributed by atoms with Crippen molar-refractivity contribution in [2.45, 2.75) is 18.0 Å².